The Bertz CT molecular complexity index is 782. The van der Waals surface area contributed by atoms with Crippen molar-refractivity contribution in [3.05, 3.63) is 64.5 Å². The van der Waals surface area contributed by atoms with Crippen LogP contribution >= 0.6 is 0 Å². The molecule has 0 saturated carbocycles. The van der Waals surface area contributed by atoms with Crippen molar-refractivity contribution in [3.8, 4) is 5.75 Å². The minimum absolute atomic E-state index is 0.0513. The highest BCUT2D eigenvalue weighted by molar-refractivity contribution is 5.84. The molecule has 0 aliphatic carbocycles. The molecule has 2 aromatic carbocycles. The molecule has 2 aromatic rings. The Kier molecular flexibility index (Phi) is 6.77. The molecule has 140 valence electrons. The standard InChI is InChI=1S/C20H19F5O/c1-3-5-12-6-8-13(9-7-12)17(21)18(22)14-10-11-15(26-4-2)19(23)16(14)20(24)25/h6-11,20H,3-5H2,1-2H3. The van der Waals surface area contributed by atoms with Crippen molar-refractivity contribution in [2.75, 3.05) is 6.61 Å². The second kappa shape index (κ2) is 8.83. The number of ether oxygens (including phenoxy) is 1. The van der Waals surface area contributed by atoms with Crippen LogP contribution in [0.1, 0.15) is 48.9 Å². The van der Waals surface area contributed by atoms with Gasteiger partial charge in [-0.15, -0.1) is 0 Å². The van der Waals surface area contributed by atoms with Gasteiger partial charge in [-0.05, 0) is 31.0 Å². The Labute approximate surface area is 149 Å². The first-order chi connectivity index (χ1) is 12.4. The average Bonchev–Trinajstić information content (AvgIpc) is 2.62. The maximum absolute atomic E-state index is 14.5. The first kappa shape index (κ1) is 19.9. The highest BCUT2D eigenvalue weighted by Crippen LogP contribution is 2.38. The molecule has 0 atom stereocenters. The Morgan fingerprint density at radius 2 is 1.62 bits per heavy atom. The van der Waals surface area contributed by atoms with Gasteiger partial charge in [0.15, 0.2) is 23.2 Å². The first-order valence-corrected chi connectivity index (χ1v) is 8.28. The van der Waals surface area contributed by atoms with E-state index in [0.717, 1.165) is 30.5 Å². The summed E-state index contributed by atoms with van der Waals surface area (Å²) in [5.74, 6) is -4.67. The quantitative estimate of drug-likeness (QED) is 0.381. The second-order valence-corrected chi connectivity index (χ2v) is 5.65. The lowest BCUT2D eigenvalue weighted by Gasteiger charge is -2.13. The van der Waals surface area contributed by atoms with Crippen molar-refractivity contribution in [3.63, 3.8) is 0 Å². The van der Waals surface area contributed by atoms with Crippen LogP contribution < -0.4 is 4.74 Å². The summed E-state index contributed by atoms with van der Waals surface area (Å²) in [4.78, 5) is 0. The fourth-order valence-electron chi connectivity index (χ4n) is 2.60. The third-order valence-corrected chi connectivity index (χ3v) is 3.84. The fraction of sp³-hybridized carbons (Fsp3) is 0.300. The lowest BCUT2D eigenvalue weighted by molar-refractivity contribution is 0.144. The summed E-state index contributed by atoms with van der Waals surface area (Å²) >= 11 is 0. The number of benzene rings is 2. The summed E-state index contributed by atoms with van der Waals surface area (Å²) in [7, 11) is 0. The molecule has 0 bridgehead atoms. The summed E-state index contributed by atoms with van der Waals surface area (Å²) in [6, 6.07) is 7.92. The summed E-state index contributed by atoms with van der Waals surface area (Å²) in [6.45, 7) is 3.59. The van der Waals surface area contributed by atoms with E-state index >= 15 is 0 Å². The molecule has 1 nitrogen and oxygen atoms in total. The highest BCUT2D eigenvalue weighted by Gasteiger charge is 2.26. The number of rotatable bonds is 7. The monoisotopic (exact) mass is 370 g/mol. The molecule has 2 rings (SSSR count). The van der Waals surface area contributed by atoms with Crippen LogP contribution in [-0.2, 0) is 6.42 Å². The Morgan fingerprint density at radius 3 is 2.15 bits per heavy atom. The molecule has 6 heteroatoms. The number of hydrogen-bond donors (Lipinski definition) is 0. The van der Waals surface area contributed by atoms with E-state index in [0.29, 0.717) is 0 Å². The molecule has 0 aromatic heterocycles. The predicted octanol–water partition coefficient (Wildman–Crippen LogP) is 6.88. The van der Waals surface area contributed by atoms with Gasteiger partial charge in [-0.3, -0.25) is 0 Å². The van der Waals surface area contributed by atoms with Crippen molar-refractivity contribution in [1.29, 1.82) is 0 Å². The van der Waals surface area contributed by atoms with Gasteiger partial charge in [0.25, 0.3) is 6.43 Å². The van der Waals surface area contributed by atoms with Gasteiger partial charge in [0.2, 0.25) is 0 Å². The van der Waals surface area contributed by atoms with Crippen LogP contribution in [0.25, 0.3) is 11.7 Å². The van der Waals surface area contributed by atoms with E-state index in [1.807, 2.05) is 6.92 Å². The zero-order valence-electron chi connectivity index (χ0n) is 14.5. The summed E-state index contributed by atoms with van der Waals surface area (Å²) in [5, 5.41) is 0. The highest BCUT2D eigenvalue weighted by atomic mass is 19.3. The van der Waals surface area contributed by atoms with E-state index in [-0.39, 0.29) is 12.2 Å². The smallest absolute Gasteiger partial charge is 0.267 e. The largest absolute Gasteiger partial charge is 0.491 e. The third kappa shape index (κ3) is 4.23. The van der Waals surface area contributed by atoms with E-state index in [1.54, 1.807) is 19.1 Å². The van der Waals surface area contributed by atoms with Gasteiger partial charge >= 0.3 is 0 Å². The van der Waals surface area contributed by atoms with Crippen molar-refractivity contribution < 1.29 is 26.7 Å². The number of halogens is 5. The molecular weight excluding hydrogens is 351 g/mol. The van der Waals surface area contributed by atoms with E-state index in [1.165, 1.54) is 12.1 Å². The summed E-state index contributed by atoms with van der Waals surface area (Å²) < 4.78 is 74.7. The average molecular weight is 370 g/mol. The molecule has 0 radical (unpaired) electrons. The van der Waals surface area contributed by atoms with Crippen molar-refractivity contribution in [1.82, 2.24) is 0 Å². The van der Waals surface area contributed by atoms with Crippen LogP contribution in [0.4, 0.5) is 22.0 Å². The van der Waals surface area contributed by atoms with Gasteiger partial charge < -0.3 is 4.74 Å². The molecular formula is C20H19F5O. The fourth-order valence-corrected chi connectivity index (χ4v) is 2.60. The van der Waals surface area contributed by atoms with Gasteiger partial charge in [0, 0.05) is 11.1 Å². The van der Waals surface area contributed by atoms with Crippen molar-refractivity contribution >= 4 is 11.7 Å². The normalized spacial score (nSPS) is 12.3. The molecule has 0 amide bonds. The van der Waals surface area contributed by atoms with Crippen molar-refractivity contribution in [2.24, 2.45) is 0 Å². The van der Waals surface area contributed by atoms with E-state index < -0.39 is 40.8 Å². The van der Waals surface area contributed by atoms with E-state index in [2.05, 4.69) is 0 Å². The molecule has 0 spiro atoms. The van der Waals surface area contributed by atoms with Gasteiger partial charge in [-0.1, -0.05) is 37.6 Å². The molecule has 26 heavy (non-hydrogen) atoms. The van der Waals surface area contributed by atoms with Crippen LogP contribution in [0, 0.1) is 5.82 Å². The van der Waals surface area contributed by atoms with Crippen LogP contribution in [0.5, 0.6) is 5.75 Å². The summed E-state index contributed by atoms with van der Waals surface area (Å²) in [5.41, 5.74) is -1.19. The van der Waals surface area contributed by atoms with E-state index in [9.17, 15) is 22.0 Å². The molecule has 0 heterocycles. The molecule has 0 saturated heterocycles. The van der Waals surface area contributed by atoms with Crippen LogP contribution in [0.15, 0.2) is 36.4 Å². The minimum atomic E-state index is -3.32. The van der Waals surface area contributed by atoms with Gasteiger partial charge in [0.05, 0.1) is 12.2 Å². The third-order valence-electron chi connectivity index (χ3n) is 3.84. The lowest BCUT2D eigenvalue weighted by atomic mass is 10.0. The van der Waals surface area contributed by atoms with Crippen LogP contribution in [-0.4, -0.2) is 6.61 Å². The van der Waals surface area contributed by atoms with Gasteiger partial charge in [-0.25, -0.2) is 22.0 Å². The van der Waals surface area contributed by atoms with Crippen molar-refractivity contribution in [2.45, 2.75) is 33.1 Å². The predicted molar refractivity (Wildman–Crippen MR) is 92.0 cm³/mol. The number of alkyl halides is 2. The SMILES string of the molecule is CCCc1ccc(C(F)=C(F)c2ccc(OCC)c(F)c2C(F)F)cc1. The molecule has 0 unspecified atom stereocenters. The van der Waals surface area contributed by atoms with E-state index in [4.69, 9.17) is 4.74 Å². The molecule has 0 N–H and O–H groups in total. The summed E-state index contributed by atoms with van der Waals surface area (Å²) in [6.07, 6.45) is -1.64. The number of hydrogen-bond acceptors (Lipinski definition) is 1. The van der Waals surface area contributed by atoms with Gasteiger partial charge in [0.1, 0.15) is 0 Å². The zero-order chi connectivity index (χ0) is 19.3. The Morgan fingerprint density at radius 1 is 0.962 bits per heavy atom. The number of aryl methyl sites for hydroxylation is 1. The molecule has 0 aliphatic rings. The minimum Gasteiger partial charge on any atom is -0.491 e. The van der Waals surface area contributed by atoms with Gasteiger partial charge in [-0.2, -0.15) is 0 Å². The lowest BCUT2D eigenvalue weighted by Crippen LogP contribution is -2.03. The zero-order valence-corrected chi connectivity index (χ0v) is 14.5. The second-order valence-electron chi connectivity index (χ2n) is 5.65. The maximum atomic E-state index is 14.5. The Balaban J connectivity index is 2.51. The maximum Gasteiger partial charge on any atom is 0.267 e. The Hall–Kier alpha value is -2.37. The molecule has 0 fully saturated rings. The molecule has 0 aliphatic heterocycles. The first-order valence-electron chi connectivity index (χ1n) is 8.28. The van der Waals surface area contributed by atoms with Crippen LogP contribution in [0.2, 0.25) is 0 Å². The topological polar surface area (TPSA) is 9.23 Å². The van der Waals surface area contributed by atoms with Crippen LogP contribution in [0.3, 0.4) is 0 Å².